The summed E-state index contributed by atoms with van der Waals surface area (Å²) in [6.07, 6.45) is -5.65. The van der Waals surface area contributed by atoms with Gasteiger partial charge in [0.05, 0.1) is 24.3 Å². The first-order valence-corrected chi connectivity index (χ1v) is 8.86. The number of fused-ring (bicyclic) bond motifs is 1. The molecule has 2 aromatic rings. The van der Waals surface area contributed by atoms with Gasteiger partial charge in [0.2, 0.25) is 0 Å². The lowest BCUT2D eigenvalue weighted by molar-refractivity contribution is -0.144. The van der Waals surface area contributed by atoms with Crippen LogP contribution in [0.25, 0.3) is 0 Å². The molecule has 9 heteroatoms. The van der Waals surface area contributed by atoms with E-state index in [1.807, 2.05) is 0 Å². The molecule has 0 fully saturated rings. The number of anilines is 1. The molecule has 0 unspecified atom stereocenters. The normalized spacial score (nSPS) is 16.4. The molecule has 150 valence electrons. The number of hydrogen-bond donors (Lipinski definition) is 1. The molecule has 1 aliphatic rings. The van der Waals surface area contributed by atoms with E-state index < -0.39 is 24.8 Å². The highest BCUT2D eigenvalue weighted by molar-refractivity contribution is 6.32. The van der Waals surface area contributed by atoms with Crippen molar-refractivity contribution in [3.05, 3.63) is 52.5 Å². The molecule has 1 atom stereocenters. The molecule has 1 N–H and O–H groups in total. The number of amides is 1. The Morgan fingerprint density at radius 2 is 1.96 bits per heavy atom. The van der Waals surface area contributed by atoms with Gasteiger partial charge < -0.3 is 19.7 Å². The Morgan fingerprint density at radius 1 is 1.25 bits per heavy atom. The van der Waals surface area contributed by atoms with Crippen molar-refractivity contribution in [1.29, 1.82) is 0 Å². The van der Waals surface area contributed by atoms with Crippen LogP contribution in [0.1, 0.15) is 29.0 Å². The summed E-state index contributed by atoms with van der Waals surface area (Å²) in [4.78, 5) is 13.5. The van der Waals surface area contributed by atoms with Crippen LogP contribution in [0.2, 0.25) is 5.02 Å². The maximum atomic E-state index is 13.2. The second kappa shape index (κ2) is 7.79. The fraction of sp³-hybridized carbons (Fsp3) is 0.316. The van der Waals surface area contributed by atoms with E-state index in [1.54, 1.807) is 25.1 Å². The largest absolute Gasteiger partial charge is 0.491 e. The molecule has 0 aromatic heterocycles. The van der Waals surface area contributed by atoms with Crippen LogP contribution in [0.4, 0.5) is 18.9 Å². The van der Waals surface area contributed by atoms with Crippen LogP contribution in [0.3, 0.4) is 0 Å². The topological polar surface area (TPSA) is 50.8 Å². The first kappa shape index (κ1) is 20.1. The van der Waals surface area contributed by atoms with Crippen molar-refractivity contribution in [2.24, 2.45) is 0 Å². The van der Waals surface area contributed by atoms with Gasteiger partial charge in [0.1, 0.15) is 12.7 Å². The Kier molecular flexibility index (Phi) is 5.60. The Labute approximate surface area is 165 Å². The highest BCUT2D eigenvalue weighted by atomic mass is 35.5. The first-order chi connectivity index (χ1) is 13.2. The summed E-state index contributed by atoms with van der Waals surface area (Å²) in [6, 6.07) is 9.41. The summed E-state index contributed by atoms with van der Waals surface area (Å²) in [5, 5.41) is 3.17. The number of nitrogens with zero attached hydrogens (tertiary/aromatic N) is 1. The molecule has 0 spiro atoms. The van der Waals surface area contributed by atoms with Crippen LogP contribution in [0.15, 0.2) is 36.4 Å². The van der Waals surface area contributed by atoms with Crippen LogP contribution in [0.5, 0.6) is 11.5 Å². The van der Waals surface area contributed by atoms with Gasteiger partial charge in [-0.2, -0.15) is 13.2 Å². The maximum absolute atomic E-state index is 13.2. The molecule has 2 aromatic carbocycles. The zero-order chi connectivity index (χ0) is 20.5. The lowest BCUT2D eigenvalue weighted by atomic mass is 10.0. The number of rotatable bonds is 5. The second-order valence-corrected chi connectivity index (χ2v) is 6.52. The van der Waals surface area contributed by atoms with Crippen molar-refractivity contribution >= 4 is 23.2 Å². The van der Waals surface area contributed by atoms with Crippen LogP contribution in [0, 0.1) is 0 Å². The molecule has 0 aliphatic carbocycles. The van der Waals surface area contributed by atoms with Crippen molar-refractivity contribution in [3.63, 3.8) is 0 Å². The van der Waals surface area contributed by atoms with Gasteiger partial charge in [-0.15, -0.1) is 0 Å². The fourth-order valence-electron chi connectivity index (χ4n) is 3.12. The third-order valence-corrected chi connectivity index (χ3v) is 4.50. The van der Waals surface area contributed by atoms with Crippen LogP contribution in [-0.4, -0.2) is 37.2 Å². The summed E-state index contributed by atoms with van der Waals surface area (Å²) >= 11 is 6.25. The summed E-state index contributed by atoms with van der Waals surface area (Å²) in [7, 11) is 1.41. The van der Waals surface area contributed by atoms with E-state index in [2.05, 4.69) is 5.32 Å². The molecule has 0 bridgehead atoms. The SMILES string of the molecule is CCOc1cc([C@H]2Nc3ccccc3C(=O)N2CC(F)(F)F)cc(Cl)c1OC. The monoisotopic (exact) mass is 414 g/mol. The van der Waals surface area contributed by atoms with Gasteiger partial charge in [-0.1, -0.05) is 23.7 Å². The van der Waals surface area contributed by atoms with Gasteiger partial charge >= 0.3 is 6.18 Å². The maximum Gasteiger partial charge on any atom is 0.406 e. The average molecular weight is 415 g/mol. The predicted molar refractivity (Wildman–Crippen MR) is 99.1 cm³/mol. The minimum absolute atomic E-state index is 0.170. The summed E-state index contributed by atoms with van der Waals surface area (Å²) in [5.41, 5.74) is 0.967. The predicted octanol–water partition coefficient (Wildman–Crippen LogP) is 4.88. The summed E-state index contributed by atoms with van der Waals surface area (Å²) in [5.74, 6) is -0.161. The average Bonchev–Trinajstić information content (AvgIpc) is 2.63. The fourth-order valence-corrected chi connectivity index (χ4v) is 3.42. The number of methoxy groups -OCH3 is 1. The minimum Gasteiger partial charge on any atom is -0.491 e. The van der Waals surface area contributed by atoms with E-state index in [9.17, 15) is 18.0 Å². The van der Waals surface area contributed by atoms with E-state index in [4.69, 9.17) is 21.1 Å². The van der Waals surface area contributed by atoms with Gasteiger partial charge in [0.15, 0.2) is 11.5 Å². The molecule has 0 radical (unpaired) electrons. The number of ether oxygens (including phenoxy) is 2. The molecule has 0 saturated heterocycles. The van der Waals surface area contributed by atoms with Crippen LogP contribution in [-0.2, 0) is 0 Å². The zero-order valence-electron chi connectivity index (χ0n) is 15.1. The molecule has 28 heavy (non-hydrogen) atoms. The van der Waals surface area contributed by atoms with E-state index >= 15 is 0 Å². The number of carbonyl (C=O) groups is 1. The Balaban J connectivity index is 2.11. The number of benzene rings is 2. The number of alkyl halides is 3. The lowest BCUT2D eigenvalue weighted by Crippen LogP contribution is -2.47. The van der Waals surface area contributed by atoms with Gasteiger partial charge in [-0.05, 0) is 31.2 Å². The standard InChI is InChI=1S/C19H18ClF3N2O3/c1-3-28-15-9-11(8-13(20)16(15)27-2)17-24-14-7-5-4-6-12(14)18(26)25(17)10-19(21,22)23/h4-9,17,24H,3,10H2,1-2H3/t17-/m0/s1. The van der Waals surface area contributed by atoms with E-state index in [1.165, 1.54) is 25.3 Å². The van der Waals surface area contributed by atoms with Crippen molar-refractivity contribution < 1.29 is 27.4 Å². The first-order valence-electron chi connectivity index (χ1n) is 8.48. The molecule has 5 nitrogen and oxygen atoms in total. The smallest absolute Gasteiger partial charge is 0.406 e. The van der Waals surface area contributed by atoms with E-state index in [0.29, 0.717) is 17.9 Å². The molecule has 3 rings (SSSR count). The molecule has 1 heterocycles. The number of carbonyl (C=O) groups excluding carboxylic acids is 1. The highest BCUT2D eigenvalue weighted by Crippen LogP contribution is 2.41. The number of hydrogen-bond acceptors (Lipinski definition) is 4. The van der Waals surface area contributed by atoms with E-state index in [-0.39, 0.29) is 22.1 Å². The quantitative estimate of drug-likeness (QED) is 0.758. The Hall–Kier alpha value is -2.61. The van der Waals surface area contributed by atoms with Crippen molar-refractivity contribution in [2.75, 3.05) is 25.6 Å². The third-order valence-electron chi connectivity index (χ3n) is 4.22. The van der Waals surface area contributed by atoms with Crippen LogP contribution < -0.4 is 14.8 Å². The molecule has 1 aliphatic heterocycles. The summed E-state index contributed by atoms with van der Waals surface area (Å²) in [6.45, 7) is 0.655. The Morgan fingerprint density at radius 3 is 2.61 bits per heavy atom. The molecular formula is C19H18ClF3N2O3. The van der Waals surface area contributed by atoms with E-state index in [0.717, 1.165) is 4.90 Å². The number of halogens is 4. The van der Waals surface area contributed by atoms with Crippen LogP contribution >= 0.6 is 11.6 Å². The molecular weight excluding hydrogens is 397 g/mol. The lowest BCUT2D eigenvalue weighted by Gasteiger charge is -2.38. The molecule has 1 amide bonds. The second-order valence-electron chi connectivity index (χ2n) is 6.11. The zero-order valence-corrected chi connectivity index (χ0v) is 15.9. The number of nitrogens with one attached hydrogen (secondary N) is 1. The summed E-state index contributed by atoms with van der Waals surface area (Å²) < 4.78 is 50.3. The van der Waals surface area contributed by atoms with Crippen molar-refractivity contribution in [3.8, 4) is 11.5 Å². The van der Waals surface area contributed by atoms with Crippen molar-refractivity contribution in [1.82, 2.24) is 4.90 Å². The molecule has 0 saturated carbocycles. The van der Waals surface area contributed by atoms with Gasteiger partial charge in [0.25, 0.3) is 5.91 Å². The van der Waals surface area contributed by atoms with Gasteiger partial charge in [-0.3, -0.25) is 4.79 Å². The minimum atomic E-state index is -4.57. The third kappa shape index (κ3) is 3.96. The number of para-hydroxylation sites is 1. The van der Waals surface area contributed by atoms with Gasteiger partial charge in [-0.25, -0.2) is 0 Å². The van der Waals surface area contributed by atoms with Gasteiger partial charge in [0, 0.05) is 11.3 Å². The highest BCUT2D eigenvalue weighted by Gasteiger charge is 2.41. The Bertz CT molecular complexity index is 889. The van der Waals surface area contributed by atoms with Crippen molar-refractivity contribution in [2.45, 2.75) is 19.3 Å².